The number of para-hydroxylation sites is 1. The van der Waals surface area contributed by atoms with E-state index in [1.165, 1.54) is 29.2 Å². The van der Waals surface area contributed by atoms with Crippen molar-refractivity contribution >= 4 is 27.2 Å². The lowest BCUT2D eigenvalue weighted by atomic mass is 10.1. The first kappa shape index (κ1) is 15.1. The summed E-state index contributed by atoms with van der Waals surface area (Å²) in [5.41, 5.74) is 1.17. The first-order chi connectivity index (χ1) is 11.5. The molecule has 2 atom stereocenters. The van der Waals surface area contributed by atoms with Crippen molar-refractivity contribution in [3.63, 3.8) is 0 Å². The highest BCUT2D eigenvalue weighted by molar-refractivity contribution is 7.91. The molecule has 2 heterocycles. The lowest BCUT2D eigenvalue weighted by Gasteiger charge is -2.22. The number of nitrogens with zero attached hydrogens (tertiary/aromatic N) is 2. The number of carbonyl (C=O) groups is 1. The molecule has 0 unspecified atom stereocenters. The molecular weight excluding hydrogens is 331 g/mol. The van der Waals surface area contributed by atoms with Crippen LogP contribution in [-0.2, 0) is 9.84 Å². The molecular formula is C17H15FN2O3S. The average Bonchev–Trinajstić information content (AvgIpc) is 2.98. The van der Waals surface area contributed by atoms with Gasteiger partial charge in [0.25, 0.3) is 0 Å². The van der Waals surface area contributed by atoms with Crippen LogP contribution < -0.4 is 9.80 Å². The summed E-state index contributed by atoms with van der Waals surface area (Å²) in [6, 6.07) is 13.4. The zero-order valence-electron chi connectivity index (χ0n) is 12.7. The summed E-state index contributed by atoms with van der Waals surface area (Å²) in [5.74, 6) is -0.541. The van der Waals surface area contributed by atoms with Crippen LogP contribution in [0.15, 0.2) is 54.6 Å². The van der Waals surface area contributed by atoms with Crippen LogP contribution in [0.2, 0.25) is 0 Å². The van der Waals surface area contributed by atoms with Crippen LogP contribution in [0.25, 0.3) is 0 Å². The monoisotopic (exact) mass is 346 g/mol. The van der Waals surface area contributed by atoms with E-state index in [1.807, 2.05) is 18.2 Å². The Morgan fingerprint density at radius 2 is 1.33 bits per heavy atom. The number of hydrogen-bond acceptors (Lipinski definition) is 3. The third kappa shape index (κ3) is 2.36. The quantitative estimate of drug-likeness (QED) is 0.785. The van der Waals surface area contributed by atoms with Gasteiger partial charge in [-0.2, -0.15) is 0 Å². The van der Waals surface area contributed by atoms with Gasteiger partial charge < -0.3 is 0 Å². The molecule has 2 aliphatic rings. The van der Waals surface area contributed by atoms with E-state index in [-0.39, 0.29) is 17.5 Å². The standard InChI is InChI=1S/C17H15FN2O3S/c18-12-6-8-14(9-7-12)20-16-11-24(22,23)10-15(16)19(17(20)21)13-4-2-1-3-5-13/h1-9,15-16H,10-11H2/t15-,16-/m1/s1. The largest absolute Gasteiger partial charge is 0.329 e. The van der Waals surface area contributed by atoms with Crippen LogP contribution in [0.1, 0.15) is 0 Å². The van der Waals surface area contributed by atoms with Crippen molar-refractivity contribution in [2.45, 2.75) is 12.1 Å². The minimum atomic E-state index is -3.23. The van der Waals surface area contributed by atoms with Gasteiger partial charge in [0.1, 0.15) is 5.82 Å². The molecule has 0 N–H and O–H groups in total. The van der Waals surface area contributed by atoms with Crippen LogP contribution >= 0.6 is 0 Å². The van der Waals surface area contributed by atoms with Crippen molar-refractivity contribution in [3.05, 3.63) is 60.4 Å². The molecule has 0 bridgehead atoms. The number of sulfone groups is 1. The Bertz CT molecular complexity index is 884. The molecule has 2 aromatic rings. The van der Waals surface area contributed by atoms with Crippen molar-refractivity contribution < 1.29 is 17.6 Å². The first-order valence-electron chi connectivity index (χ1n) is 7.60. The Morgan fingerprint density at radius 3 is 1.88 bits per heavy atom. The number of hydrogen-bond donors (Lipinski definition) is 0. The molecule has 7 heteroatoms. The number of urea groups is 1. The molecule has 2 saturated heterocycles. The molecule has 2 aliphatic heterocycles. The van der Waals surface area contributed by atoms with Gasteiger partial charge in [0.15, 0.2) is 9.84 Å². The number of fused-ring (bicyclic) bond motifs is 1. The van der Waals surface area contributed by atoms with Gasteiger partial charge in [0.2, 0.25) is 0 Å². The van der Waals surface area contributed by atoms with Crippen LogP contribution in [-0.4, -0.2) is 38.0 Å². The van der Waals surface area contributed by atoms with Gasteiger partial charge in [0.05, 0.1) is 23.6 Å². The van der Waals surface area contributed by atoms with Gasteiger partial charge in [-0.1, -0.05) is 18.2 Å². The molecule has 0 radical (unpaired) electrons. The van der Waals surface area contributed by atoms with Gasteiger partial charge in [-0.05, 0) is 36.4 Å². The Hall–Kier alpha value is -2.41. The van der Waals surface area contributed by atoms with Crippen LogP contribution in [0.4, 0.5) is 20.6 Å². The van der Waals surface area contributed by atoms with E-state index in [1.54, 1.807) is 17.0 Å². The average molecular weight is 346 g/mol. The van der Waals surface area contributed by atoms with E-state index in [0.717, 1.165) is 0 Å². The van der Waals surface area contributed by atoms with Crippen molar-refractivity contribution in [2.75, 3.05) is 21.3 Å². The van der Waals surface area contributed by atoms with Crippen molar-refractivity contribution in [1.82, 2.24) is 0 Å². The van der Waals surface area contributed by atoms with E-state index in [9.17, 15) is 17.6 Å². The predicted molar refractivity (Wildman–Crippen MR) is 89.4 cm³/mol. The van der Waals surface area contributed by atoms with Crippen LogP contribution in [0.5, 0.6) is 0 Å². The fourth-order valence-corrected chi connectivity index (χ4v) is 5.42. The molecule has 2 aromatic carbocycles. The highest BCUT2D eigenvalue weighted by Gasteiger charge is 2.54. The summed E-state index contributed by atoms with van der Waals surface area (Å²) in [4.78, 5) is 16.0. The summed E-state index contributed by atoms with van der Waals surface area (Å²) in [6.07, 6.45) is 0. The zero-order chi connectivity index (χ0) is 16.9. The molecule has 5 nitrogen and oxygen atoms in total. The minimum absolute atomic E-state index is 0.0595. The molecule has 0 aromatic heterocycles. The number of halogens is 1. The Kier molecular flexibility index (Phi) is 3.35. The van der Waals surface area contributed by atoms with Crippen LogP contribution in [0, 0.1) is 5.82 Å². The minimum Gasteiger partial charge on any atom is -0.288 e. The maximum Gasteiger partial charge on any atom is 0.329 e. The first-order valence-corrected chi connectivity index (χ1v) is 9.42. The summed E-state index contributed by atoms with van der Waals surface area (Å²) in [5, 5.41) is 0. The van der Waals surface area contributed by atoms with E-state index < -0.39 is 27.7 Å². The third-order valence-corrected chi connectivity index (χ3v) is 6.21. The fourth-order valence-electron chi connectivity index (χ4n) is 3.50. The van der Waals surface area contributed by atoms with Gasteiger partial charge in [-0.25, -0.2) is 17.6 Å². The van der Waals surface area contributed by atoms with Crippen LogP contribution in [0.3, 0.4) is 0 Å². The second kappa shape index (κ2) is 5.31. The number of benzene rings is 2. The molecule has 0 aliphatic carbocycles. The molecule has 2 fully saturated rings. The predicted octanol–water partition coefficient (Wildman–Crippen LogP) is 2.44. The van der Waals surface area contributed by atoms with Gasteiger partial charge in [-0.3, -0.25) is 9.80 Å². The van der Waals surface area contributed by atoms with Crippen molar-refractivity contribution in [2.24, 2.45) is 0 Å². The SMILES string of the molecule is O=C1N(c2ccccc2)[C@@H]2CS(=O)(=O)C[C@H]2N1c1ccc(F)cc1. The maximum absolute atomic E-state index is 13.2. The number of anilines is 2. The summed E-state index contributed by atoms with van der Waals surface area (Å²) in [7, 11) is -3.23. The van der Waals surface area contributed by atoms with E-state index in [4.69, 9.17) is 0 Å². The maximum atomic E-state index is 13.2. The third-order valence-electron chi connectivity index (χ3n) is 4.51. The lowest BCUT2D eigenvalue weighted by Crippen LogP contribution is -2.37. The highest BCUT2D eigenvalue weighted by atomic mass is 32.2. The van der Waals surface area contributed by atoms with Gasteiger partial charge in [0, 0.05) is 11.4 Å². The number of rotatable bonds is 2. The molecule has 0 saturated carbocycles. The zero-order valence-corrected chi connectivity index (χ0v) is 13.5. The molecule has 124 valence electrons. The topological polar surface area (TPSA) is 57.7 Å². The molecule has 2 amide bonds. The summed E-state index contributed by atoms with van der Waals surface area (Å²) in [6.45, 7) is 0. The fraction of sp³-hybridized carbons (Fsp3) is 0.235. The lowest BCUT2D eigenvalue weighted by molar-refractivity contribution is 0.255. The van der Waals surface area contributed by atoms with Crippen molar-refractivity contribution in [3.8, 4) is 0 Å². The van der Waals surface area contributed by atoms with E-state index in [0.29, 0.717) is 11.4 Å². The second-order valence-corrected chi connectivity index (χ2v) is 8.20. The van der Waals surface area contributed by atoms with Gasteiger partial charge >= 0.3 is 6.03 Å². The normalized spacial score (nSPS) is 25.1. The second-order valence-electron chi connectivity index (χ2n) is 6.05. The molecule has 4 rings (SSSR count). The smallest absolute Gasteiger partial charge is 0.288 e. The summed E-state index contributed by atoms with van der Waals surface area (Å²) < 4.78 is 37.5. The Labute approximate surface area is 139 Å². The number of carbonyl (C=O) groups excluding carboxylic acids is 1. The van der Waals surface area contributed by atoms with Gasteiger partial charge in [-0.15, -0.1) is 0 Å². The Balaban J connectivity index is 1.80. The van der Waals surface area contributed by atoms with E-state index >= 15 is 0 Å². The van der Waals surface area contributed by atoms with E-state index in [2.05, 4.69) is 0 Å². The molecule has 24 heavy (non-hydrogen) atoms. The molecule has 0 spiro atoms. The Morgan fingerprint density at radius 1 is 0.833 bits per heavy atom. The number of amides is 2. The van der Waals surface area contributed by atoms with Crippen molar-refractivity contribution in [1.29, 1.82) is 0 Å². The highest BCUT2D eigenvalue weighted by Crippen LogP contribution is 2.37. The summed E-state index contributed by atoms with van der Waals surface area (Å²) >= 11 is 0.